The Morgan fingerprint density at radius 2 is 1.66 bits per heavy atom. The van der Waals surface area contributed by atoms with Crippen molar-refractivity contribution in [2.75, 3.05) is 26.7 Å². The summed E-state index contributed by atoms with van der Waals surface area (Å²) in [6.45, 7) is 7.85. The smallest absolute Gasteiger partial charge is 0.407 e. The number of rotatable bonds is 8. The first-order valence-electron chi connectivity index (χ1n) is 15.4. The Hall–Kier alpha value is -2.81. The monoisotopic (exact) mass is 571 g/mol. The van der Waals surface area contributed by atoms with Gasteiger partial charge in [-0.15, -0.1) is 0 Å². The van der Waals surface area contributed by atoms with Gasteiger partial charge in [-0.1, -0.05) is 31.0 Å². The highest BCUT2D eigenvalue weighted by molar-refractivity contribution is 5.82. The van der Waals surface area contributed by atoms with E-state index in [9.17, 15) is 14.4 Å². The number of carbonyl (C=O) groups excluding carboxylic acids is 3. The lowest BCUT2D eigenvalue weighted by atomic mass is 9.72. The molecule has 3 fully saturated rings. The van der Waals surface area contributed by atoms with Crippen molar-refractivity contribution >= 4 is 17.9 Å². The molecule has 1 heterocycles. The molecule has 3 amide bonds. The van der Waals surface area contributed by atoms with Gasteiger partial charge in [-0.2, -0.15) is 5.48 Å². The number of nitrogens with zero attached hydrogens (tertiary/aromatic N) is 1. The van der Waals surface area contributed by atoms with Crippen LogP contribution in [0.2, 0.25) is 0 Å². The number of hydrogen-bond donors (Lipinski definition) is 2. The minimum Gasteiger partial charge on any atom is -0.444 e. The van der Waals surface area contributed by atoms with Gasteiger partial charge in [0.1, 0.15) is 5.60 Å². The van der Waals surface area contributed by atoms with Crippen molar-refractivity contribution in [1.29, 1.82) is 0 Å². The maximum Gasteiger partial charge on any atom is 0.407 e. The van der Waals surface area contributed by atoms with Gasteiger partial charge in [0.05, 0.1) is 12.0 Å². The van der Waals surface area contributed by atoms with Gasteiger partial charge in [-0.3, -0.25) is 9.59 Å². The fraction of sp³-hybridized carbons (Fsp3) is 0.719. The van der Waals surface area contributed by atoms with E-state index >= 15 is 0 Å². The third kappa shape index (κ3) is 9.09. The van der Waals surface area contributed by atoms with Gasteiger partial charge in [0.25, 0.3) is 5.91 Å². The molecule has 228 valence electrons. The van der Waals surface area contributed by atoms with E-state index in [1.807, 2.05) is 43.9 Å². The third-order valence-corrected chi connectivity index (χ3v) is 9.06. The van der Waals surface area contributed by atoms with Crippen LogP contribution in [0.5, 0.6) is 5.75 Å². The molecule has 9 heteroatoms. The fourth-order valence-electron chi connectivity index (χ4n) is 6.94. The maximum absolute atomic E-state index is 13.5. The molecule has 1 aromatic rings. The molecule has 1 aliphatic heterocycles. The SMILES string of the molecule is COC1CCC(C(=O)N2CCC(C3CCCC(CNC(=O)OC(C)(C)C)C3)CC2)CC1C(=O)NOc1ccccc1. The predicted molar refractivity (Wildman–Crippen MR) is 156 cm³/mol. The maximum atomic E-state index is 13.5. The van der Waals surface area contributed by atoms with Crippen molar-refractivity contribution in [3.8, 4) is 5.75 Å². The average Bonchev–Trinajstić information content (AvgIpc) is 2.98. The van der Waals surface area contributed by atoms with E-state index in [1.54, 1.807) is 19.2 Å². The fourth-order valence-corrected chi connectivity index (χ4v) is 6.94. The van der Waals surface area contributed by atoms with Crippen molar-refractivity contribution in [2.45, 2.75) is 90.3 Å². The molecule has 0 spiro atoms. The van der Waals surface area contributed by atoms with Crippen LogP contribution in [0.3, 0.4) is 0 Å². The minimum absolute atomic E-state index is 0.169. The highest BCUT2D eigenvalue weighted by Gasteiger charge is 2.41. The summed E-state index contributed by atoms with van der Waals surface area (Å²) in [6, 6.07) is 9.12. The van der Waals surface area contributed by atoms with Gasteiger partial charge in [0, 0.05) is 32.7 Å². The molecule has 2 aliphatic carbocycles. The highest BCUT2D eigenvalue weighted by atomic mass is 16.7. The van der Waals surface area contributed by atoms with Crippen molar-refractivity contribution in [2.24, 2.45) is 29.6 Å². The van der Waals surface area contributed by atoms with Crippen LogP contribution in [-0.2, 0) is 19.1 Å². The van der Waals surface area contributed by atoms with Crippen LogP contribution in [0.4, 0.5) is 4.79 Å². The second-order valence-corrected chi connectivity index (χ2v) is 13.1. The molecular weight excluding hydrogens is 522 g/mol. The normalized spacial score (nSPS) is 27.5. The number of carbonyl (C=O) groups is 3. The lowest BCUT2D eigenvalue weighted by Crippen LogP contribution is -2.48. The quantitative estimate of drug-likeness (QED) is 0.421. The van der Waals surface area contributed by atoms with Crippen LogP contribution < -0.4 is 15.6 Å². The summed E-state index contributed by atoms with van der Waals surface area (Å²) >= 11 is 0. The lowest BCUT2D eigenvalue weighted by molar-refractivity contribution is -0.146. The van der Waals surface area contributed by atoms with Crippen LogP contribution >= 0.6 is 0 Å². The second kappa shape index (κ2) is 14.4. The van der Waals surface area contributed by atoms with Crippen molar-refractivity contribution in [1.82, 2.24) is 15.7 Å². The second-order valence-electron chi connectivity index (χ2n) is 13.1. The molecule has 0 aromatic heterocycles. The molecular formula is C32H49N3O6. The number of hydrogen-bond acceptors (Lipinski definition) is 6. The molecule has 9 nitrogen and oxygen atoms in total. The molecule has 41 heavy (non-hydrogen) atoms. The lowest BCUT2D eigenvalue weighted by Gasteiger charge is -2.41. The van der Waals surface area contributed by atoms with E-state index in [-0.39, 0.29) is 29.9 Å². The molecule has 2 N–H and O–H groups in total. The van der Waals surface area contributed by atoms with E-state index < -0.39 is 11.5 Å². The number of alkyl carbamates (subject to hydrolysis) is 1. The first-order valence-corrected chi connectivity index (χ1v) is 15.4. The first kappa shape index (κ1) is 31.1. The number of amides is 3. The summed E-state index contributed by atoms with van der Waals surface area (Å²) in [5.41, 5.74) is 2.08. The molecule has 4 rings (SSSR count). The Morgan fingerprint density at radius 3 is 2.34 bits per heavy atom. The molecule has 2 saturated carbocycles. The molecule has 0 radical (unpaired) electrons. The average molecular weight is 572 g/mol. The van der Waals surface area contributed by atoms with E-state index in [0.29, 0.717) is 42.9 Å². The minimum atomic E-state index is -0.488. The van der Waals surface area contributed by atoms with E-state index in [1.165, 1.54) is 12.8 Å². The third-order valence-electron chi connectivity index (χ3n) is 9.06. The zero-order valence-electron chi connectivity index (χ0n) is 25.2. The molecule has 5 atom stereocenters. The summed E-state index contributed by atoms with van der Waals surface area (Å²) in [5, 5.41) is 2.97. The standard InChI is InChI=1S/C32H49N3O6/c1-32(2,3)40-31(38)33-21-22-9-8-10-24(19-22)23-15-17-35(18-16-23)30(37)25-13-14-28(39-4)27(20-25)29(36)34-41-26-11-6-5-7-12-26/h5-7,11-12,22-25,27-28H,8-10,13-21H2,1-4H3,(H,33,38)(H,34,36). The van der Waals surface area contributed by atoms with Crippen LogP contribution in [0.15, 0.2) is 30.3 Å². The Morgan fingerprint density at radius 1 is 0.927 bits per heavy atom. The molecule has 3 aliphatic rings. The van der Waals surface area contributed by atoms with E-state index in [2.05, 4.69) is 10.8 Å². The molecule has 1 aromatic carbocycles. The van der Waals surface area contributed by atoms with Gasteiger partial charge in [-0.25, -0.2) is 4.79 Å². The molecule has 0 bridgehead atoms. The summed E-state index contributed by atoms with van der Waals surface area (Å²) in [5.74, 6) is 1.60. The Bertz CT molecular complexity index is 1000. The predicted octanol–water partition coefficient (Wildman–Crippen LogP) is 5.10. The number of piperidine rings is 1. The summed E-state index contributed by atoms with van der Waals surface area (Å²) in [4.78, 5) is 46.1. The topological polar surface area (TPSA) is 106 Å². The van der Waals surface area contributed by atoms with Crippen LogP contribution in [0.1, 0.15) is 78.6 Å². The summed E-state index contributed by atoms with van der Waals surface area (Å²) < 4.78 is 11.0. The molecule has 5 unspecified atom stereocenters. The van der Waals surface area contributed by atoms with Gasteiger partial charge in [0.15, 0.2) is 5.75 Å². The van der Waals surface area contributed by atoms with E-state index in [0.717, 1.165) is 45.2 Å². The Labute approximate surface area is 245 Å². The van der Waals surface area contributed by atoms with Crippen molar-refractivity contribution in [3.63, 3.8) is 0 Å². The summed E-state index contributed by atoms with van der Waals surface area (Å²) in [7, 11) is 1.62. The van der Waals surface area contributed by atoms with Crippen molar-refractivity contribution in [3.05, 3.63) is 30.3 Å². The van der Waals surface area contributed by atoms with E-state index in [4.69, 9.17) is 14.3 Å². The van der Waals surface area contributed by atoms with Crippen LogP contribution in [0.25, 0.3) is 0 Å². The number of likely N-dealkylation sites (tertiary alicyclic amines) is 1. The van der Waals surface area contributed by atoms with Gasteiger partial charge in [0.2, 0.25) is 5.91 Å². The Kier molecular flexibility index (Phi) is 10.9. The zero-order valence-corrected chi connectivity index (χ0v) is 25.2. The number of ether oxygens (including phenoxy) is 2. The van der Waals surface area contributed by atoms with Crippen LogP contribution in [-0.4, -0.2) is 61.3 Å². The van der Waals surface area contributed by atoms with Gasteiger partial charge in [-0.05, 0) is 95.6 Å². The zero-order chi connectivity index (χ0) is 29.4. The van der Waals surface area contributed by atoms with Gasteiger partial charge >= 0.3 is 6.09 Å². The number of para-hydroxylation sites is 1. The number of benzene rings is 1. The van der Waals surface area contributed by atoms with Crippen molar-refractivity contribution < 1.29 is 28.7 Å². The number of methoxy groups -OCH3 is 1. The van der Waals surface area contributed by atoms with Gasteiger partial charge < -0.3 is 24.5 Å². The van der Waals surface area contributed by atoms with Crippen LogP contribution in [0, 0.1) is 29.6 Å². The molecule has 1 saturated heterocycles. The number of nitrogens with one attached hydrogen (secondary N) is 2. The largest absolute Gasteiger partial charge is 0.444 e. The summed E-state index contributed by atoms with van der Waals surface area (Å²) in [6.07, 6.45) is 8.02. The highest BCUT2D eigenvalue weighted by Crippen LogP contribution is 2.39. The first-order chi connectivity index (χ1) is 19.6. The number of hydroxylamine groups is 1. The Balaban J connectivity index is 1.23.